The number of unbranched alkanes of at least 4 members (excludes halogenated alkanes) is 2. The van der Waals surface area contributed by atoms with Crippen LogP contribution in [0.5, 0.6) is 0 Å². The van der Waals surface area contributed by atoms with E-state index in [1.165, 1.54) is 25.7 Å². The van der Waals surface area contributed by atoms with Gasteiger partial charge in [-0.15, -0.1) is 0 Å². The smallest absolute Gasteiger partial charge is 0.0437 e. The number of nitrogens with one attached hydrogen (secondary N) is 1. The quantitative estimate of drug-likeness (QED) is 0.565. The van der Waals surface area contributed by atoms with Gasteiger partial charge in [0.2, 0.25) is 0 Å². The molecule has 21 heavy (non-hydrogen) atoms. The number of aromatic nitrogens is 1. The molecule has 0 spiro atoms. The van der Waals surface area contributed by atoms with Gasteiger partial charge in [0, 0.05) is 41.1 Å². The Hall–Kier alpha value is -1.77. The fourth-order valence-corrected chi connectivity index (χ4v) is 2.64. The van der Waals surface area contributed by atoms with Crippen molar-refractivity contribution in [3.63, 3.8) is 0 Å². The lowest BCUT2D eigenvalue weighted by Gasteiger charge is -2.26. The number of benzene rings is 1. The van der Waals surface area contributed by atoms with Gasteiger partial charge >= 0.3 is 0 Å². The van der Waals surface area contributed by atoms with Gasteiger partial charge in [0.05, 0.1) is 0 Å². The Morgan fingerprint density at radius 3 is 2.71 bits per heavy atom. The van der Waals surface area contributed by atoms with Crippen molar-refractivity contribution in [2.45, 2.75) is 46.5 Å². The van der Waals surface area contributed by atoms with Crippen molar-refractivity contribution in [2.75, 3.05) is 17.6 Å². The Morgan fingerprint density at radius 1 is 1.14 bits per heavy atom. The highest BCUT2D eigenvalue weighted by Crippen LogP contribution is 2.30. The van der Waals surface area contributed by atoms with Crippen molar-refractivity contribution in [2.24, 2.45) is 5.41 Å². The van der Waals surface area contributed by atoms with E-state index in [0.29, 0.717) is 5.41 Å². The Balaban J connectivity index is 2.08. The van der Waals surface area contributed by atoms with E-state index in [2.05, 4.69) is 37.1 Å². The molecular weight excluding hydrogens is 258 g/mol. The molecule has 3 heteroatoms. The maximum absolute atomic E-state index is 6.03. The molecule has 0 amide bonds. The summed E-state index contributed by atoms with van der Waals surface area (Å²) in [6, 6.07) is 6.00. The molecule has 2 rings (SSSR count). The van der Waals surface area contributed by atoms with E-state index < -0.39 is 0 Å². The van der Waals surface area contributed by atoms with E-state index in [1.54, 1.807) is 6.20 Å². The van der Waals surface area contributed by atoms with Crippen molar-refractivity contribution < 1.29 is 0 Å². The average molecular weight is 285 g/mol. The van der Waals surface area contributed by atoms with Crippen LogP contribution in [-0.4, -0.2) is 11.5 Å². The molecule has 1 aromatic carbocycles. The van der Waals surface area contributed by atoms with Crippen LogP contribution >= 0.6 is 0 Å². The van der Waals surface area contributed by atoms with E-state index in [4.69, 9.17) is 5.73 Å². The van der Waals surface area contributed by atoms with E-state index in [9.17, 15) is 0 Å². The Labute approximate surface area is 128 Å². The summed E-state index contributed by atoms with van der Waals surface area (Å²) >= 11 is 0. The van der Waals surface area contributed by atoms with Crippen LogP contribution < -0.4 is 11.1 Å². The summed E-state index contributed by atoms with van der Waals surface area (Å²) in [4.78, 5) is 4.22. The summed E-state index contributed by atoms with van der Waals surface area (Å²) in [5.74, 6) is 0. The number of anilines is 2. The van der Waals surface area contributed by atoms with Crippen LogP contribution in [0.3, 0.4) is 0 Å². The largest absolute Gasteiger partial charge is 0.398 e. The molecule has 0 unspecified atom stereocenters. The van der Waals surface area contributed by atoms with E-state index in [1.807, 2.05) is 18.3 Å². The van der Waals surface area contributed by atoms with Crippen LogP contribution in [0.25, 0.3) is 10.8 Å². The second-order valence-corrected chi connectivity index (χ2v) is 6.60. The first-order valence-electron chi connectivity index (χ1n) is 7.89. The van der Waals surface area contributed by atoms with Gasteiger partial charge in [-0.2, -0.15) is 0 Å². The zero-order chi connectivity index (χ0) is 15.3. The zero-order valence-corrected chi connectivity index (χ0v) is 13.4. The van der Waals surface area contributed by atoms with Crippen molar-refractivity contribution in [1.29, 1.82) is 0 Å². The molecule has 1 heterocycles. The average Bonchev–Trinajstić information content (AvgIpc) is 2.47. The van der Waals surface area contributed by atoms with Crippen LogP contribution in [0.2, 0.25) is 0 Å². The summed E-state index contributed by atoms with van der Waals surface area (Å²) in [6.45, 7) is 7.87. The first-order chi connectivity index (χ1) is 10.0. The minimum absolute atomic E-state index is 0.297. The van der Waals surface area contributed by atoms with Gasteiger partial charge in [-0.05, 0) is 30.0 Å². The molecule has 0 aliphatic rings. The molecule has 1 aromatic heterocycles. The van der Waals surface area contributed by atoms with E-state index >= 15 is 0 Å². The lowest BCUT2D eigenvalue weighted by molar-refractivity contribution is 0.342. The molecule has 3 N–H and O–H groups in total. The summed E-state index contributed by atoms with van der Waals surface area (Å²) < 4.78 is 0. The Morgan fingerprint density at radius 2 is 1.95 bits per heavy atom. The SMILES string of the molecule is CCCCCC(C)(C)CNc1ccc(N)c2ccncc12. The number of hydrogen-bond acceptors (Lipinski definition) is 3. The third-order valence-electron chi connectivity index (χ3n) is 4.07. The first-order valence-corrected chi connectivity index (χ1v) is 7.89. The maximum Gasteiger partial charge on any atom is 0.0437 e. The van der Waals surface area contributed by atoms with Gasteiger partial charge in [-0.1, -0.05) is 40.0 Å². The monoisotopic (exact) mass is 285 g/mol. The summed E-state index contributed by atoms with van der Waals surface area (Å²) in [7, 11) is 0. The normalized spacial score (nSPS) is 11.8. The number of fused-ring (bicyclic) bond motifs is 1. The molecule has 0 aliphatic carbocycles. The highest BCUT2D eigenvalue weighted by molar-refractivity contribution is 6.00. The maximum atomic E-state index is 6.03. The van der Waals surface area contributed by atoms with Gasteiger partial charge in [-0.3, -0.25) is 4.98 Å². The lowest BCUT2D eigenvalue weighted by Crippen LogP contribution is -2.23. The van der Waals surface area contributed by atoms with E-state index in [-0.39, 0.29) is 0 Å². The van der Waals surface area contributed by atoms with Crippen LogP contribution in [0.1, 0.15) is 46.5 Å². The van der Waals surface area contributed by atoms with Gasteiger partial charge in [0.1, 0.15) is 0 Å². The molecule has 114 valence electrons. The predicted molar refractivity (Wildman–Crippen MR) is 92.6 cm³/mol. The number of rotatable bonds is 7. The summed E-state index contributed by atoms with van der Waals surface area (Å²) in [5.41, 5.74) is 8.26. The molecule has 2 aromatic rings. The molecule has 0 aliphatic heterocycles. The van der Waals surface area contributed by atoms with Crippen molar-refractivity contribution in [3.05, 3.63) is 30.6 Å². The third-order valence-corrected chi connectivity index (χ3v) is 4.07. The molecule has 0 saturated carbocycles. The number of pyridine rings is 1. The fourth-order valence-electron chi connectivity index (χ4n) is 2.64. The standard InChI is InChI=1S/C18H27N3/c1-4-5-6-10-18(2,3)13-21-17-8-7-16(19)14-9-11-20-12-15(14)17/h7-9,11-12,21H,4-6,10,13,19H2,1-3H3. The van der Waals surface area contributed by atoms with Crippen LogP contribution in [-0.2, 0) is 0 Å². The lowest BCUT2D eigenvalue weighted by atomic mass is 9.86. The van der Waals surface area contributed by atoms with Crippen LogP contribution in [0.15, 0.2) is 30.6 Å². The van der Waals surface area contributed by atoms with Crippen molar-refractivity contribution in [1.82, 2.24) is 4.98 Å². The van der Waals surface area contributed by atoms with Crippen LogP contribution in [0, 0.1) is 5.41 Å². The molecule has 0 bridgehead atoms. The van der Waals surface area contributed by atoms with Gasteiger partial charge in [-0.25, -0.2) is 0 Å². The minimum Gasteiger partial charge on any atom is -0.398 e. The predicted octanol–water partition coefficient (Wildman–Crippen LogP) is 4.84. The summed E-state index contributed by atoms with van der Waals surface area (Å²) in [6.07, 6.45) is 8.82. The van der Waals surface area contributed by atoms with Crippen molar-refractivity contribution >= 4 is 22.1 Å². The second kappa shape index (κ2) is 6.79. The van der Waals surface area contributed by atoms with Gasteiger partial charge < -0.3 is 11.1 Å². The number of nitrogens with two attached hydrogens (primary N) is 1. The number of nitrogens with zero attached hydrogens (tertiary/aromatic N) is 1. The third kappa shape index (κ3) is 4.10. The minimum atomic E-state index is 0.297. The Bertz CT molecular complexity index is 590. The molecule has 0 radical (unpaired) electrons. The Kier molecular flexibility index (Phi) is 5.05. The summed E-state index contributed by atoms with van der Waals surface area (Å²) in [5, 5.41) is 5.75. The molecular formula is C18H27N3. The highest BCUT2D eigenvalue weighted by atomic mass is 14.9. The second-order valence-electron chi connectivity index (χ2n) is 6.60. The number of nitrogen functional groups attached to an aromatic ring is 1. The fraction of sp³-hybridized carbons (Fsp3) is 0.500. The zero-order valence-electron chi connectivity index (χ0n) is 13.4. The molecule has 3 nitrogen and oxygen atoms in total. The first kappa shape index (κ1) is 15.6. The molecule has 0 fully saturated rings. The highest BCUT2D eigenvalue weighted by Gasteiger charge is 2.17. The van der Waals surface area contributed by atoms with Crippen molar-refractivity contribution in [3.8, 4) is 0 Å². The molecule has 0 saturated heterocycles. The van der Waals surface area contributed by atoms with Crippen LogP contribution in [0.4, 0.5) is 11.4 Å². The molecule has 0 atom stereocenters. The van der Waals surface area contributed by atoms with E-state index in [0.717, 1.165) is 28.7 Å². The number of hydrogen-bond donors (Lipinski definition) is 2. The van der Waals surface area contributed by atoms with Gasteiger partial charge in [0.25, 0.3) is 0 Å². The van der Waals surface area contributed by atoms with Gasteiger partial charge in [0.15, 0.2) is 0 Å². The topological polar surface area (TPSA) is 50.9 Å².